The average Bonchev–Trinajstić information content (AvgIpc) is 2.86. The van der Waals surface area contributed by atoms with E-state index in [-0.39, 0.29) is 0 Å². The van der Waals surface area contributed by atoms with E-state index in [1.807, 2.05) is 7.05 Å². The Morgan fingerprint density at radius 2 is 2.08 bits per heavy atom. The maximum absolute atomic E-state index is 3.24. The Bertz CT molecular complexity index is 281. The molecule has 0 spiro atoms. The average molecular weight is 287 g/mol. The number of benzene rings is 1. The van der Waals surface area contributed by atoms with Gasteiger partial charge in [0.1, 0.15) is 0 Å². The molecule has 1 nitrogen and oxygen atoms in total. The second-order valence-corrected chi connectivity index (χ2v) is 4.96. The van der Waals surface area contributed by atoms with Gasteiger partial charge >= 0.3 is 0 Å². The van der Waals surface area contributed by atoms with Crippen LogP contribution in [-0.4, -0.2) is 13.6 Å². The minimum atomic E-state index is 0.824. The van der Waals surface area contributed by atoms with Crippen LogP contribution in [0.2, 0.25) is 0 Å². The molecule has 1 aromatic carbocycles. The molecule has 1 aliphatic carbocycles. The van der Waals surface area contributed by atoms with Gasteiger partial charge in [-0.1, -0.05) is 12.1 Å². The summed E-state index contributed by atoms with van der Waals surface area (Å²) < 4.78 is 1.33. The van der Waals surface area contributed by atoms with Gasteiger partial charge < -0.3 is 5.32 Å². The van der Waals surface area contributed by atoms with E-state index >= 15 is 0 Å². The highest BCUT2D eigenvalue weighted by atomic mass is 127. The predicted octanol–water partition coefficient (Wildman–Crippen LogP) is 2.61. The van der Waals surface area contributed by atoms with Crippen LogP contribution in [0.1, 0.15) is 17.9 Å². The van der Waals surface area contributed by atoms with Gasteiger partial charge in [-0.2, -0.15) is 0 Å². The zero-order valence-corrected chi connectivity index (χ0v) is 9.91. The van der Waals surface area contributed by atoms with E-state index in [0.717, 1.165) is 18.4 Å². The van der Waals surface area contributed by atoms with Gasteiger partial charge in [0.15, 0.2) is 0 Å². The van der Waals surface area contributed by atoms with Crippen molar-refractivity contribution in [2.45, 2.75) is 12.3 Å². The minimum Gasteiger partial charge on any atom is -0.319 e. The Hall–Kier alpha value is -0.0900. The lowest BCUT2D eigenvalue weighted by molar-refractivity contribution is 0.698. The van der Waals surface area contributed by atoms with Crippen molar-refractivity contribution >= 4 is 22.6 Å². The van der Waals surface area contributed by atoms with Gasteiger partial charge in [-0.3, -0.25) is 0 Å². The van der Waals surface area contributed by atoms with Crippen molar-refractivity contribution in [2.24, 2.45) is 5.92 Å². The van der Waals surface area contributed by atoms with Gasteiger partial charge in [-0.15, -0.1) is 0 Å². The topological polar surface area (TPSA) is 12.0 Å². The lowest BCUT2D eigenvalue weighted by Gasteiger charge is -2.00. The zero-order valence-electron chi connectivity index (χ0n) is 7.76. The molecule has 2 heteroatoms. The van der Waals surface area contributed by atoms with Crippen LogP contribution >= 0.6 is 22.6 Å². The van der Waals surface area contributed by atoms with Crippen LogP contribution in [0, 0.1) is 9.49 Å². The third-order valence-electron chi connectivity index (χ3n) is 2.69. The molecule has 0 bridgehead atoms. The molecule has 2 rings (SSSR count). The molecule has 1 aromatic rings. The molecule has 0 heterocycles. The molecule has 0 aliphatic heterocycles. The molecule has 0 amide bonds. The molecule has 0 saturated heterocycles. The van der Waals surface area contributed by atoms with Crippen molar-refractivity contribution in [3.8, 4) is 0 Å². The molecule has 1 fully saturated rings. The van der Waals surface area contributed by atoms with Gasteiger partial charge in [0.25, 0.3) is 0 Å². The first-order valence-electron chi connectivity index (χ1n) is 4.71. The summed E-state index contributed by atoms with van der Waals surface area (Å²) in [6.07, 6.45) is 1.36. The maximum atomic E-state index is 3.24. The smallest absolute Gasteiger partial charge is 0.0130 e. The van der Waals surface area contributed by atoms with Crippen LogP contribution in [-0.2, 0) is 0 Å². The standard InChI is InChI=1S/C11H14IN/c1-13-7-9-6-11(9)8-2-4-10(12)5-3-8/h2-5,9,11,13H,6-7H2,1H3. The molecular formula is C11H14IN. The highest BCUT2D eigenvalue weighted by molar-refractivity contribution is 14.1. The van der Waals surface area contributed by atoms with E-state index in [1.54, 1.807) is 0 Å². The minimum absolute atomic E-state index is 0.824. The van der Waals surface area contributed by atoms with E-state index in [4.69, 9.17) is 0 Å². The lowest BCUT2D eigenvalue weighted by atomic mass is 10.1. The van der Waals surface area contributed by atoms with Gasteiger partial charge in [-0.05, 0) is 72.1 Å². The Balaban J connectivity index is 2.00. The van der Waals surface area contributed by atoms with Crippen LogP contribution in [0.5, 0.6) is 0 Å². The number of hydrogen-bond acceptors (Lipinski definition) is 1. The number of rotatable bonds is 3. The molecule has 0 aromatic heterocycles. The van der Waals surface area contributed by atoms with Crippen molar-refractivity contribution in [3.63, 3.8) is 0 Å². The fourth-order valence-electron chi connectivity index (χ4n) is 1.85. The number of halogens is 1. The fraction of sp³-hybridized carbons (Fsp3) is 0.455. The fourth-order valence-corrected chi connectivity index (χ4v) is 2.21. The third-order valence-corrected chi connectivity index (χ3v) is 3.41. The second-order valence-electron chi connectivity index (χ2n) is 3.71. The second kappa shape index (κ2) is 3.96. The largest absolute Gasteiger partial charge is 0.319 e. The summed E-state index contributed by atoms with van der Waals surface area (Å²) in [5, 5.41) is 3.24. The zero-order chi connectivity index (χ0) is 9.26. The summed E-state index contributed by atoms with van der Waals surface area (Å²) in [5.74, 6) is 1.70. The molecule has 2 unspecified atom stereocenters. The highest BCUT2D eigenvalue weighted by Gasteiger charge is 2.37. The van der Waals surface area contributed by atoms with Crippen LogP contribution in [0.15, 0.2) is 24.3 Å². The van der Waals surface area contributed by atoms with Crippen molar-refractivity contribution in [3.05, 3.63) is 33.4 Å². The van der Waals surface area contributed by atoms with Crippen molar-refractivity contribution < 1.29 is 0 Å². The molecule has 2 atom stereocenters. The molecule has 1 aliphatic rings. The first kappa shape index (κ1) is 9.46. The molecule has 70 valence electrons. The Morgan fingerprint density at radius 1 is 1.38 bits per heavy atom. The summed E-state index contributed by atoms with van der Waals surface area (Å²) in [5.41, 5.74) is 1.51. The summed E-state index contributed by atoms with van der Waals surface area (Å²) >= 11 is 2.35. The third kappa shape index (κ3) is 2.23. The Labute approximate surface area is 93.1 Å². The number of hydrogen-bond donors (Lipinski definition) is 1. The molecule has 1 N–H and O–H groups in total. The van der Waals surface area contributed by atoms with E-state index in [1.165, 1.54) is 15.6 Å². The summed E-state index contributed by atoms with van der Waals surface area (Å²) in [4.78, 5) is 0. The van der Waals surface area contributed by atoms with Crippen LogP contribution in [0.3, 0.4) is 0 Å². The SMILES string of the molecule is CNCC1CC1c1ccc(I)cc1. The van der Waals surface area contributed by atoms with Gasteiger partial charge in [0.2, 0.25) is 0 Å². The summed E-state index contributed by atoms with van der Waals surface area (Å²) in [6, 6.07) is 8.93. The van der Waals surface area contributed by atoms with Crippen molar-refractivity contribution in [1.82, 2.24) is 5.32 Å². The van der Waals surface area contributed by atoms with E-state index < -0.39 is 0 Å². The highest BCUT2D eigenvalue weighted by Crippen LogP contribution is 2.46. The lowest BCUT2D eigenvalue weighted by Crippen LogP contribution is -2.10. The summed E-state index contributed by atoms with van der Waals surface area (Å²) in [6.45, 7) is 1.16. The summed E-state index contributed by atoms with van der Waals surface area (Å²) in [7, 11) is 2.03. The van der Waals surface area contributed by atoms with E-state index in [0.29, 0.717) is 0 Å². The molecule has 13 heavy (non-hydrogen) atoms. The predicted molar refractivity (Wildman–Crippen MR) is 63.9 cm³/mol. The van der Waals surface area contributed by atoms with Gasteiger partial charge in [-0.25, -0.2) is 0 Å². The molecular weight excluding hydrogens is 273 g/mol. The van der Waals surface area contributed by atoms with E-state index in [2.05, 4.69) is 52.2 Å². The van der Waals surface area contributed by atoms with E-state index in [9.17, 15) is 0 Å². The monoisotopic (exact) mass is 287 g/mol. The van der Waals surface area contributed by atoms with Gasteiger partial charge in [0.05, 0.1) is 0 Å². The first-order valence-corrected chi connectivity index (χ1v) is 5.79. The van der Waals surface area contributed by atoms with Gasteiger partial charge in [0, 0.05) is 3.57 Å². The normalized spacial score (nSPS) is 26.0. The first-order chi connectivity index (χ1) is 6.31. The quantitative estimate of drug-likeness (QED) is 0.843. The van der Waals surface area contributed by atoms with Crippen LogP contribution in [0.4, 0.5) is 0 Å². The van der Waals surface area contributed by atoms with Crippen LogP contribution < -0.4 is 5.32 Å². The Morgan fingerprint density at radius 3 is 2.69 bits per heavy atom. The molecule has 0 radical (unpaired) electrons. The maximum Gasteiger partial charge on any atom is 0.0130 e. The van der Waals surface area contributed by atoms with Crippen molar-refractivity contribution in [2.75, 3.05) is 13.6 Å². The van der Waals surface area contributed by atoms with Crippen LogP contribution in [0.25, 0.3) is 0 Å². The molecule has 1 saturated carbocycles. The number of nitrogens with one attached hydrogen (secondary N) is 1. The van der Waals surface area contributed by atoms with Crippen molar-refractivity contribution in [1.29, 1.82) is 0 Å². The Kier molecular flexibility index (Phi) is 2.89.